The van der Waals surface area contributed by atoms with Gasteiger partial charge in [0.1, 0.15) is 0 Å². The monoisotopic (exact) mass is 411 g/mol. The molecule has 3 aliphatic rings. The number of hydrogen-bond acceptors (Lipinski definition) is 5. The van der Waals surface area contributed by atoms with Crippen LogP contribution in [0.2, 0.25) is 0 Å². The van der Waals surface area contributed by atoms with Crippen molar-refractivity contribution in [3.8, 4) is 0 Å². The Balaban J connectivity index is 1.50. The van der Waals surface area contributed by atoms with E-state index in [-0.39, 0.29) is 17.9 Å². The van der Waals surface area contributed by atoms with Crippen LogP contribution in [-0.2, 0) is 14.4 Å². The Morgan fingerprint density at radius 3 is 2.50 bits per heavy atom. The molecule has 2 atom stereocenters. The zero-order valence-corrected chi connectivity index (χ0v) is 17.0. The minimum absolute atomic E-state index is 0.00679. The zero-order chi connectivity index (χ0) is 21.4. The fourth-order valence-corrected chi connectivity index (χ4v) is 4.64. The predicted molar refractivity (Wildman–Crippen MR) is 108 cm³/mol. The smallest absolute Gasteiger partial charge is 0.312 e. The average Bonchev–Trinajstić information content (AvgIpc) is 3.26. The average molecular weight is 411 g/mol. The number of benzene rings is 1. The number of carbonyl (C=O) groups is 5. The van der Waals surface area contributed by atoms with Crippen molar-refractivity contribution in [2.24, 2.45) is 5.92 Å². The van der Waals surface area contributed by atoms with Gasteiger partial charge in [-0.2, -0.15) is 0 Å². The van der Waals surface area contributed by atoms with Crippen molar-refractivity contribution in [1.29, 1.82) is 0 Å². The third-order valence-corrected chi connectivity index (χ3v) is 6.34. The number of amides is 5. The first-order chi connectivity index (χ1) is 14.4. The number of urea groups is 1. The van der Waals surface area contributed by atoms with Crippen LogP contribution in [0.4, 0.5) is 10.5 Å². The van der Waals surface area contributed by atoms with Gasteiger partial charge < -0.3 is 4.90 Å². The molecule has 0 unspecified atom stereocenters. The Morgan fingerprint density at radius 1 is 1.03 bits per heavy atom. The first-order valence-corrected chi connectivity index (χ1v) is 10.5. The molecule has 2 saturated heterocycles. The van der Waals surface area contributed by atoms with Crippen molar-refractivity contribution in [3.63, 3.8) is 0 Å². The molecule has 8 nitrogen and oxygen atoms in total. The van der Waals surface area contributed by atoms with Crippen LogP contribution in [0.1, 0.15) is 55.8 Å². The van der Waals surface area contributed by atoms with Crippen LogP contribution < -0.4 is 4.90 Å². The molecule has 4 rings (SSSR count). The molecule has 1 aromatic rings. The second kappa shape index (κ2) is 8.01. The molecule has 0 bridgehead atoms. The van der Waals surface area contributed by atoms with Crippen molar-refractivity contribution in [2.75, 3.05) is 18.0 Å². The number of nitrogens with zero attached hydrogens (tertiary/aromatic N) is 3. The van der Waals surface area contributed by atoms with Crippen molar-refractivity contribution in [3.05, 3.63) is 29.8 Å². The summed E-state index contributed by atoms with van der Waals surface area (Å²) in [6.45, 7) is 2.09. The first-order valence-electron chi connectivity index (χ1n) is 10.5. The highest BCUT2D eigenvalue weighted by Crippen LogP contribution is 2.31. The Kier molecular flexibility index (Phi) is 5.40. The topological polar surface area (TPSA) is 95.1 Å². The highest BCUT2D eigenvalue weighted by Gasteiger charge is 2.49. The Morgan fingerprint density at radius 2 is 1.80 bits per heavy atom. The van der Waals surface area contributed by atoms with Gasteiger partial charge in [0.2, 0.25) is 5.91 Å². The number of ketones is 1. The lowest BCUT2D eigenvalue weighted by molar-refractivity contribution is -0.144. The van der Waals surface area contributed by atoms with Gasteiger partial charge in [0.25, 0.3) is 0 Å². The summed E-state index contributed by atoms with van der Waals surface area (Å²) in [7, 11) is 0. The van der Waals surface area contributed by atoms with Gasteiger partial charge in [-0.15, -0.1) is 0 Å². The molecular formula is C22H25N3O5. The van der Waals surface area contributed by atoms with Gasteiger partial charge in [-0.1, -0.05) is 31.9 Å². The van der Waals surface area contributed by atoms with Gasteiger partial charge in [-0.05, 0) is 37.3 Å². The Hall–Kier alpha value is -3.03. The molecule has 2 aliphatic heterocycles. The summed E-state index contributed by atoms with van der Waals surface area (Å²) >= 11 is 0. The fourth-order valence-electron chi connectivity index (χ4n) is 4.64. The van der Waals surface area contributed by atoms with Gasteiger partial charge >= 0.3 is 17.8 Å². The van der Waals surface area contributed by atoms with Gasteiger partial charge in [-0.3, -0.25) is 24.1 Å². The van der Waals surface area contributed by atoms with Crippen molar-refractivity contribution in [1.82, 2.24) is 9.80 Å². The summed E-state index contributed by atoms with van der Waals surface area (Å²) < 4.78 is 0. The predicted octanol–water partition coefficient (Wildman–Crippen LogP) is 2.37. The summed E-state index contributed by atoms with van der Waals surface area (Å²) in [5.74, 6) is -2.10. The number of Topliss-reactive ketones (excluding diaryl/α,β-unsaturated/α-hetero) is 1. The van der Waals surface area contributed by atoms with E-state index in [9.17, 15) is 24.0 Å². The van der Waals surface area contributed by atoms with Gasteiger partial charge in [0, 0.05) is 30.3 Å². The summed E-state index contributed by atoms with van der Waals surface area (Å²) in [6, 6.07) is 5.60. The second-order valence-corrected chi connectivity index (χ2v) is 8.30. The molecule has 2 heterocycles. The number of rotatable bonds is 5. The summed E-state index contributed by atoms with van der Waals surface area (Å²) in [4.78, 5) is 66.1. The molecule has 0 spiro atoms. The summed E-state index contributed by atoms with van der Waals surface area (Å²) in [5.41, 5.74) is 0.917. The van der Waals surface area contributed by atoms with Crippen molar-refractivity contribution < 1.29 is 24.0 Å². The van der Waals surface area contributed by atoms with E-state index in [1.54, 1.807) is 29.2 Å². The zero-order valence-electron chi connectivity index (χ0n) is 17.0. The SMILES string of the molecule is C[C@H]1CCCC[C@H]1N1C(=O)C(=O)N(CC(=O)c2cccc(N3CCCC3=O)c2)C1=O. The fraction of sp³-hybridized carbons (Fsp3) is 0.500. The third kappa shape index (κ3) is 3.51. The summed E-state index contributed by atoms with van der Waals surface area (Å²) in [5, 5.41) is 0. The molecule has 8 heteroatoms. The molecule has 3 fully saturated rings. The standard InChI is InChI=1S/C22H25N3O5/c1-14-6-2-3-9-17(14)25-21(29)20(28)24(22(25)30)13-18(26)15-7-4-8-16(12-15)23-11-5-10-19(23)27/h4,7-8,12,14,17H,2-3,5-6,9-11,13H2,1H3/t14-,17+/m0/s1. The van der Waals surface area contributed by atoms with Gasteiger partial charge in [0.15, 0.2) is 5.78 Å². The van der Waals surface area contributed by atoms with Crippen LogP contribution in [0.5, 0.6) is 0 Å². The highest BCUT2D eigenvalue weighted by atomic mass is 16.2. The first kappa shape index (κ1) is 20.3. The summed E-state index contributed by atoms with van der Waals surface area (Å²) in [6.07, 6.45) is 4.77. The van der Waals surface area contributed by atoms with E-state index < -0.39 is 30.2 Å². The normalized spacial score (nSPS) is 24.9. The minimum Gasteiger partial charge on any atom is -0.312 e. The van der Waals surface area contributed by atoms with Crippen LogP contribution in [0.3, 0.4) is 0 Å². The molecule has 1 saturated carbocycles. The number of hydrogen-bond donors (Lipinski definition) is 0. The third-order valence-electron chi connectivity index (χ3n) is 6.34. The van der Waals surface area contributed by atoms with Crippen LogP contribution in [0, 0.1) is 5.92 Å². The molecular weight excluding hydrogens is 386 g/mol. The van der Waals surface area contributed by atoms with Crippen LogP contribution in [-0.4, -0.2) is 58.5 Å². The molecule has 0 aromatic heterocycles. The number of carbonyl (C=O) groups excluding carboxylic acids is 5. The molecule has 158 valence electrons. The lowest BCUT2D eigenvalue weighted by Crippen LogP contribution is -2.46. The number of imide groups is 2. The molecule has 1 aliphatic carbocycles. The molecule has 0 radical (unpaired) electrons. The highest BCUT2D eigenvalue weighted by molar-refractivity contribution is 6.45. The van der Waals surface area contributed by atoms with Crippen LogP contribution in [0.15, 0.2) is 24.3 Å². The van der Waals surface area contributed by atoms with E-state index in [0.717, 1.165) is 35.5 Å². The molecule has 1 aromatic carbocycles. The van der Waals surface area contributed by atoms with Crippen molar-refractivity contribution >= 4 is 35.2 Å². The Bertz CT molecular complexity index is 927. The molecule has 0 N–H and O–H groups in total. The largest absolute Gasteiger partial charge is 0.334 e. The van der Waals surface area contributed by atoms with E-state index in [1.807, 2.05) is 6.92 Å². The van der Waals surface area contributed by atoms with Gasteiger partial charge in [0.05, 0.1) is 6.54 Å². The quantitative estimate of drug-likeness (QED) is 0.421. The Labute approximate surface area is 174 Å². The van der Waals surface area contributed by atoms with E-state index in [4.69, 9.17) is 0 Å². The van der Waals surface area contributed by atoms with E-state index in [1.165, 1.54) is 0 Å². The van der Waals surface area contributed by atoms with E-state index in [0.29, 0.717) is 30.6 Å². The van der Waals surface area contributed by atoms with Crippen molar-refractivity contribution in [2.45, 2.75) is 51.5 Å². The maximum atomic E-state index is 12.9. The minimum atomic E-state index is -0.947. The molecule has 30 heavy (non-hydrogen) atoms. The van der Waals surface area contributed by atoms with E-state index >= 15 is 0 Å². The van der Waals surface area contributed by atoms with Crippen LogP contribution in [0.25, 0.3) is 0 Å². The van der Waals surface area contributed by atoms with Crippen LogP contribution >= 0.6 is 0 Å². The van der Waals surface area contributed by atoms with E-state index in [2.05, 4.69) is 0 Å². The van der Waals surface area contributed by atoms with Gasteiger partial charge in [-0.25, -0.2) is 9.69 Å². The second-order valence-electron chi connectivity index (χ2n) is 8.30. The number of anilines is 1. The lowest BCUT2D eigenvalue weighted by atomic mass is 9.85. The maximum Gasteiger partial charge on any atom is 0.334 e. The molecule has 5 amide bonds. The maximum absolute atomic E-state index is 12.9. The lowest BCUT2D eigenvalue weighted by Gasteiger charge is -2.34.